The molecular formula is C14H24ClN3. The van der Waals surface area contributed by atoms with Crippen molar-refractivity contribution >= 4 is 11.6 Å². The lowest BCUT2D eigenvalue weighted by molar-refractivity contribution is 0.434. The van der Waals surface area contributed by atoms with E-state index >= 15 is 0 Å². The highest BCUT2D eigenvalue weighted by molar-refractivity contribution is 6.31. The molecule has 0 amide bonds. The molecule has 1 saturated carbocycles. The van der Waals surface area contributed by atoms with Crippen LogP contribution in [-0.2, 0) is 6.54 Å². The van der Waals surface area contributed by atoms with Crippen LogP contribution in [0.25, 0.3) is 0 Å². The first kappa shape index (κ1) is 13.9. The summed E-state index contributed by atoms with van der Waals surface area (Å²) in [4.78, 5) is 0. The van der Waals surface area contributed by atoms with E-state index in [1.807, 2.05) is 0 Å². The summed E-state index contributed by atoms with van der Waals surface area (Å²) in [5.41, 5.74) is 1.25. The zero-order valence-electron chi connectivity index (χ0n) is 11.5. The third kappa shape index (κ3) is 3.07. The van der Waals surface area contributed by atoms with Crippen LogP contribution in [0.5, 0.6) is 0 Å². The van der Waals surface area contributed by atoms with Gasteiger partial charge in [0.1, 0.15) is 0 Å². The van der Waals surface area contributed by atoms with E-state index in [0.29, 0.717) is 12.0 Å². The second-order valence-corrected chi connectivity index (χ2v) is 5.57. The zero-order chi connectivity index (χ0) is 13.0. The largest absolute Gasteiger partial charge is 0.314 e. The summed E-state index contributed by atoms with van der Waals surface area (Å²) in [6.45, 7) is 6.27. The van der Waals surface area contributed by atoms with Crippen molar-refractivity contribution in [2.45, 2.75) is 64.5 Å². The summed E-state index contributed by atoms with van der Waals surface area (Å²) < 4.78 is 2.07. The summed E-state index contributed by atoms with van der Waals surface area (Å²) in [6.07, 6.45) is 8.16. The van der Waals surface area contributed by atoms with Gasteiger partial charge in [0.15, 0.2) is 0 Å². The Labute approximate surface area is 115 Å². The molecule has 1 N–H and O–H groups in total. The number of nitrogens with zero attached hydrogens (tertiary/aromatic N) is 2. The molecule has 1 aliphatic rings. The molecule has 0 bridgehead atoms. The Morgan fingerprint density at radius 1 is 1.39 bits per heavy atom. The highest BCUT2D eigenvalue weighted by Crippen LogP contribution is 2.35. The van der Waals surface area contributed by atoms with E-state index in [1.165, 1.54) is 37.8 Å². The van der Waals surface area contributed by atoms with Crippen molar-refractivity contribution in [1.29, 1.82) is 0 Å². The number of hydrogen-bond acceptors (Lipinski definition) is 2. The lowest BCUT2D eigenvalue weighted by Crippen LogP contribution is -2.29. The van der Waals surface area contributed by atoms with Gasteiger partial charge in [-0.3, -0.25) is 4.68 Å². The average Bonchev–Trinajstić information content (AvgIpc) is 2.59. The van der Waals surface area contributed by atoms with E-state index in [-0.39, 0.29) is 0 Å². The first-order valence-electron chi connectivity index (χ1n) is 7.20. The maximum absolute atomic E-state index is 6.33. The number of rotatable bonds is 4. The lowest BCUT2D eigenvalue weighted by Gasteiger charge is -2.21. The maximum atomic E-state index is 6.33. The third-order valence-electron chi connectivity index (χ3n) is 3.94. The van der Waals surface area contributed by atoms with Gasteiger partial charge in [0.2, 0.25) is 0 Å². The van der Waals surface area contributed by atoms with Gasteiger partial charge in [-0.25, -0.2) is 0 Å². The van der Waals surface area contributed by atoms with Crippen LogP contribution >= 0.6 is 11.6 Å². The van der Waals surface area contributed by atoms with Crippen LogP contribution in [0.3, 0.4) is 0 Å². The number of halogens is 1. The molecule has 1 aromatic heterocycles. The Morgan fingerprint density at radius 3 is 2.89 bits per heavy atom. The van der Waals surface area contributed by atoms with Gasteiger partial charge >= 0.3 is 0 Å². The van der Waals surface area contributed by atoms with Gasteiger partial charge in [0.05, 0.1) is 16.9 Å². The standard InChI is InChI=1S/C14H24ClN3/c1-3-16-12-8-6-5-7-11(9-12)14-13(15)10-17-18(14)4-2/h10-12,16H,3-9H2,1-2H3. The molecule has 4 heteroatoms. The maximum Gasteiger partial charge on any atom is 0.0820 e. The van der Waals surface area contributed by atoms with Crippen molar-refractivity contribution in [2.24, 2.45) is 0 Å². The van der Waals surface area contributed by atoms with Gasteiger partial charge in [0, 0.05) is 18.5 Å². The molecule has 18 heavy (non-hydrogen) atoms. The minimum atomic E-state index is 0.562. The summed E-state index contributed by atoms with van der Waals surface area (Å²) in [5, 5.41) is 8.82. The molecule has 1 aliphatic carbocycles. The predicted molar refractivity (Wildman–Crippen MR) is 76.2 cm³/mol. The lowest BCUT2D eigenvalue weighted by atomic mass is 9.94. The second-order valence-electron chi connectivity index (χ2n) is 5.17. The Balaban J connectivity index is 2.16. The molecule has 0 aromatic carbocycles. The van der Waals surface area contributed by atoms with E-state index in [0.717, 1.165) is 18.1 Å². The second kappa shape index (κ2) is 6.58. The fourth-order valence-electron chi connectivity index (χ4n) is 3.11. The predicted octanol–water partition coefficient (Wildman–Crippen LogP) is 3.58. The van der Waals surface area contributed by atoms with Gasteiger partial charge in [-0.1, -0.05) is 31.4 Å². The highest BCUT2D eigenvalue weighted by Gasteiger charge is 2.25. The average molecular weight is 270 g/mol. The monoisotopic (exact) mass is 269 g/mol. The van der Waals surface area contributed by atoms with Gasteiger partial charge in [-0.05, 0) is 32.7 Å². The number of aromatic nitrogens is 2. The SMILES string of the molecule is CCNC1CCCCC(c2c(Cl)cnn2CC)C1. The van der Waals surface area contributed by atoms with Gasteiger partial charge in [0.25, 0.3) is 0 Å². The number of nitrogens with one attached hydrogen (secondary N) is 1. The Bertz CT molecular complexity index is 375. The van der Waals surface area contributed by atoms with Crippen LogP contribution in [0.15, 0.2) is 6.20 Å². The summed E-state index contributed by atoms with van der Waals surface area (Å²) >= 11 is 6.33. The van der Waals surface area contributed by atoms with E-state index < -0.39 is 0 Å². The van der Waals surface area contributed by atoms with E-state index in [1.54, 1.807) is 6.20 Å². The minimum absolute atomic E-state index is 0.562. The topological polar surface area (TPSA) is 29.9 Å². The van der Waals surface area contributed by atoms with E-state index in [4.69, 9.17) is 11.6 Å². The normalized spacial score (nSPS) is 25.1. The van der Waals surface area contributed by atoms with E-state index in [2.05, 4.69) is 28.9 Å². The van der Waals surface area contributed by atoms with Crippen molar-refractivity contribution in [3.8, 4) is 0 Å². The molecule has 1 aromatic rings. The van der Waals surface area contributed by atoms with Crippen LogP contribution < -0.4 is 5.32 Å². The van der Waals surface area contributed by atoms with Crippen LogP contribution in [0.1, 0.15) is 57.6 Å². The molecule has 3 nitrogen and oxygen atoms in total. The molecule has 0 saturated heterocycles. The van der Waals surface area contributed by atoms with Crippen molar-refractivity contribution < 1.29 is 0 Å². The first-order valence-corrected chi connectivity index (χ1v) is 7.58. The van der Waals surface area contributed by atoms with Crippen LogP contribution in [0.4, 0.5) is 0 Å². The molecule has 1 heterocycles. The smallest absolute Gasteiger partial charge is 0.0820 e. The Morgan fingerprint density at radius 2 is 2.17 bits per heavy atom. The van der Waals surface area contributed by atoms with Gasteiger partial charge in [-0.15, -0.1) is 0 Å². The van der Waals surface area contributed by atoms with Crippen molar-refractivity contribution in [3.63, 3.8) is 0 Å². The van der Waals surface area contributed by atoms with Crippen molar-refractivity contribution in [3.05, 3.63) is 16.9 Å². The van der Waals surface area contributed by atoms with Crippen molar-refractivity contribution in [2.75, 3.05) is 6.54 Å². The summed E-state index contributed by atoms with van der Waals surface area (Å²) in [6, 6.07) is 0.638. The fourth-order valence-corrected chi connectivity index (χ4v) is 3.41. The number of hydrogen-bond donors (Lipinski definition) is 1. The quantitative estimate of drug-likeness (QED) is 0.847. The third-order valence-corrected chi connectivity index (χ3v) is 4.23. The van der Waals surface area contributed by atoms with Gasteiger partial charge < -0.3 is 5.32 Å². The van der Waals surface area contributed by atoms with Crippen LogP contribution in [0, 0.1) is 0 Å². The van der Waals surface area contributed by atoms with Gasteiger partial charge in [-0.2, -0.15) is 5.10 Å². The fraction of sp³-hybridized carbons (Fsp3) is 0.786. The summed E-state index contributed by atoms with van der Waals surface area (Å²) in [7, 11) is 0. The molecule has 2 atom stereocenters. The van der Waals surface area contributed by atoms with Crippen LogP contribution in [0.2, 0.25) is 5.02 Å². The zero-order valence-corrected chi connectivity index (χ0v) is 12.2. The number of aryl methyl sites for hydroxylation is 1. The Hall–Kier alpha value is -0.540. The molecule has 0 radical (unpaired) electrons. The highest BCUT2D eigenvalue weighted by atomic mass is 35.5. The molecule has 2 rings (SSSR count). The molecule has 2 unspecified atom stereocenters. The first-order chi connectivity index (χ1) is 8.76. The van der Waals surface area contributed by atoms with E-state index in [9.17, 15) is 0 Å². The Kier molecular flexibility index (Phi) is 5.07. The molecule has 0 spiro atoms. The molecule has 0 aliphatic heterocycles. The molecular weight excluding hydrogens is 246 g/mol. The minimum Gasteiger partial charge on any atom is -0.314 e. The molecule has 1 fully saturated rings. The summed E-state index contributed by atoms with van der Waals surface area (Å²) in [5.74, 6) is 0.562. The van der Waals surface area contributed by atoms with Crippen LogP contribution in [-0.4, -0.2) is 22.4 Å². The molecule has 102 valence electrons. The van der Waals surface area contributed by atoms with Crippen molar-refractivity contribution in [1.82, 2.24) is 15.1 Å².